The van der Waals surface area contributed by atoms with Crippen LogP contribution in [0.5, 0.6) is 11.5 Å². The maximum Gasteiger partial charge on any atom is 0.586 e. The number of pyridine rings is 1. The summed E-state index contributed by atoms with van der Waals surface area (Å²) >= 11 is 4.84. The molecule has 1 aromatic heterocycles. The third-order valence-electron chi connectivity index (χ3n) is 2.68. The van der Waals surface area contributed by atoms with Crippen molar-refractivity contribution < 1.29 is 18.3 Å². The Morgan fingerprint density at radius 1 is 1.19 bits per heavy atom. The Labute approximate surface area is 123 Å². The lowest BCUT2D eigenvalue weighted by Gasteiger charge is -2.07. The van der Waals surface area contributed by atoms with Gasteiger partial charge in [-0.1, -0.05) is 18.3 Å². The van der Waals surface area contributed by atoms with Gasteiger partial charge in [0.2, 0.25) is 0 Å². The molecule has 3 rings (SSSR count). The minimum absolute atomic E-state index is 0.0182. The Bertz CT molecular complexity index is 724. The zero-order valence-electron chi connectivity index (χ0n) is 10.5. The molecule has 1 aromatic carbocycles. The van der Waals surface area contributed by atoms with E-state index >= 15 is 0 Å². The van der Waals surface area contributed by atoms with Crippen molar-refractivity contribution in [1.29, 1.82) is 0 Å². The zero-order chi connectivity index (χ0) is 15.0. The normalized spacial score (nSPS) is 14.8. The van der Waals surface area contributed by atoms with Gasteiger partial charge >= 0.3 is 6.29 Å². The molecule has 1 aliphatic rings. The van der Waals surface area contributed by atoms with Crippen LogP contribution in [-0.4, -0.2) is 16.3 Å². The lowest BCUT2D eigenvalue weighted by molar-refractivity contribution is -0.286. The molecule has 3 N–H and O–H groups in total. The van der Waals surface area contributed by atoms with Crippen LogP contribution in [0.3, 0.4) is 0 Å². The number of ether oxygens (including phenoxy) is 2. The van der Waals surface area contributed by atoms with Crippen molar-refractivity contribution in [3.05, 3.63) is 42.1 Å². The number of nitrogens with two attached hydrogens (primary N) is 1. The summed E-state index contributed by atoms with van der Waals surface area (Å²) in [4.78, 5) is 4.36. The van der Waals surface area contributed by atoms with E-state index in [0.29, 0.717) is 17.2 Å². The number of fused-ring (bicyclic) bond motifs is 1. The van der Waals surface area contributed by atoms with Crippen LogP contribution in [0.1, 0.15) is 5.69 Å². The van der Waals surface area contributed by atoms with Crippen molar-refractivity contribution in [2.45, 2.75) is 6.29 Å². The summed E-state index contributed by atoms with van der Waals surface area (Å²) < 4.78 is 34.6. The quantitative estimate of drug-likeness (QED) is 0.850. The van der Waals surface area contributed by atoms with Crippen LogP contribution in [0.2, 0.25) is 0 Å². The van der Waals surface area contributed by atoms with E-state index in [-0.39, 0.29) is 16.5 Å². The highest BCUT2D eigenvalue weighted by molar-refractivity contribution is 7.80. The van der Waals surface area contributed by atoms with Crippen LogP contribution in [0.15, 0.2) is 36.4 Å². The monoisotopic (exact) mass is 309 g/mol. The van der Waals surface area contributed by atoms with E-state index in [1.807, 2.05) is 0 Å². The molecule has 0 spiro atoms. The predicted molar refractivity (Wildman–Crippen MR) is 76.1 cm³/mol. The fourth-order valence-electron chi connectivity index (χ4n) is 1.82. The molecule has 21 heavy (non-hydrogen) atoms. The van der Waals surface area contributed by atoms with Crippen LogP contribution in [0.25, 0.3) is 0 Å². The van der Waals surface area contributed by atoms with E-state index in [9.17, 15) is 8.78 Å². The first-order valence-corrected chi connectivity index (χ1v) is 6.27. The van der Waals surface area contributed by atoms with Crippen molar-refractivity contribution in [3.8, 4) is 11.5 Å². The summed E-state index contributed by atoms with van der Waals surface area (Å²) in [5.41, 5.74) is 6.48. The van der Waals surface area contributed by atoms with E-state index < -0.39 is 6.29 Å². The predicted octanol–water partition coefficient (Wildman–Crippen LogP) is 2.78. The molecule has 1 aliphatic heterocycles. The summed E-state index contributed by atoms with van der Waals surface area (Å²) in [6.45, 7) is 0. The molecule has 0 saturated heterocycles. The molecule has 108 valence electrons. The molecule has 0 aliphatic carbocycles. The number of hydrogen-bond donors (Lipinski definition) is 2. The fourth-order valence-corrected chi connectivity index (χ4v) is 1.93. The topological polar surface area (TPSA) is 69.4 Å². The number of thiocarbonyl (C=S) groups is 1. The van der Waals surface area contributed by atoms with Crippen molar-refractivity contribution >= 4 is 28.7 Å². The Balaban J connectivity index is 1.84. The van der Waals surface area contributed by atoms with Gasteiger partial charge in [0.05, 0.1) is 5.69 Å². The molecule has 0 amide bonds. The molecule has 0 unspecified atom stereocenters. The maximum atomic E-state index is 12.9. The first-order valence-electron chi connectivity index (χ1n) is 5.87. The van der Waals surface area contributed by atoms with Gasteiger partial charge in [0.25, 0.3) is 0 Å². The Hall–Kier alpha value is -2.48. The SMILES string of the molecule is NC(=S)c1cccc(Nc2ccc3c(c2)OC(F)(F)O3)n1. The minimum atomic E-state index is -3.63. The average molecular weight is 309 g/mol. The molecule has 2 heterocycles. The molecular weight excluding hydrogens is 300 g/mol. The van der Waals surface area contributed by atoms with Gasteiger partial charge in [-0.3, -0.25) is 0 Å². The van der Waals surface area contributed by atoms with Gasteiger partial charge in [0, 0.05) is 11.8 Å². The molecule has 5 nitrogen and oxygen atoms in total. The number of alkyl halides is 2. The minimum Gasteiger partial charge on any atom is -0.395 e. The lowest BCUT2D eigenvalue weighted by atomic mass is 10.2. The Morgan fingerprint density at radius 3 is 2.71 bits per heavy atom. The summed E-state index contributed by atoms with van der Waals surface area (Å²) in [7, 11) is 0. The smallest absolute Gasteiger partial charge is 0.395 e. The molecule has 0 radical (unpaired) electrons. The highest BCUT2D eigenvalue weighted by Gasteiger charge is 2.43. The van der Waals surface area contributed by atoms with Gasteiger partial charge in [-0.15, -0.1) is 8.78 Å². The van der Waals surface area contributed by atoms with Gasteiger partial charge in [-0.2, -0.15) is 0 Å². The summed E-state index contributed by atoms with van der Waals surface area (Å²) in [6, 6.07) is 9.44. The van der Waals surface area contributed by atoms with Crippen LogP contribution in [0, 0.1) is 0 Å². The summed E-state index contributed by atoms with van der Waals surface area (Å²) in [6.07, 6.45) is -3.63. The highest BCUT2D eigenvalue weighted by atomic mass is 32.1. The highest BCUT2D eigenvalue weighted by Crippen LogP contribution is 2.42. The van der Waals surface area contributed by atoms with E-state index in [4.69, 9.17) is 18.0 Å². The number of nitrogens with zero attached hydrogens (tertiary/aromatic N) is 1. The first-order chi connectivity index (χ1) is 9.93. The number of halogens is 2. The van der Waals surface area contributed by atoms with Crippen molar-refractivity contribution in [1.82, 2.24) is 4.98 Å². The van der Waals surface area contributed by atoms with Gasteiger partial charge in [-0.25, -0.2) is 4.98 Å². The molecule has 0 bridgehead atoms. The molecule has 0 atom stereocenters. The van der Waals surface area contributed by atoms with Gasteiger partial charge in [0.1, 0.15) is 10.8 Å². The standard InChI is InChI=1S/C13H9F2N3O2S/c14-13(15)19-9-5-4-7(6-10(9)20-13)17-11-3-1-2-8(18-11)12(16)21/h1-6H,(H2,16,21)(H,17,18). The molecular formula is C13H9F2N3O2S. The number of anilines is 2. The number of nitrogens with one attached hydrogen (secondary N) is 1. The number of rotatable bonds is 3. The molecule has 2 aromatic rings. The second kappa shape index (κ2) is 4.81. The number of benzene rings is 1. The van der Waals surface area contributed by atoms with Crippen LogP contribution >= 0.6 is 12.2 Å². The largest absolute Gasteiger partial charge is 0.586 e. The maximum absolute atomic E-state index is 12.9. The first kappa shape index (κ1) is 13.5. The third kappa shape index (κ3) is 2.84. The van der Waals surface area contributed by atoms with Gasteiger partial charge in [-0.05, 0) is 24.3 Å². The third-order valence-corrected chi connectivity index (χ3v) is 2.88. The van der Waals surface area contributed by atoms with Crippen LogP contribution in [-0.2, 0) is 0 Å². The van der Waals surface area contributed by atoms with Crippen LogP contribution in [0.4, 0.5) is 20.3 Å². The summed E-state index contributed by atoms with van der Waals surface area (Å²) in [5.74, 6) is 0.414. The number of hydrogen-bond acceptors (Lipinski definition) is 5. The van der Waals surface area contributed by atoms with E-state index in [1.54, 1.807) is 24.3 Å². The zero-order valence-corrected chi connectivity index (χ0v) is 11.3. The Kier molecular flexibility index (Phi) is 3.09. The lowest BCUT2D eigenvalue weighted by Crippen LogP contribution is -2.25. The van der Waals surface area contributed by atoms with E-state index in [1.165, 1.54) is 12.1 Å². The van der Waals surface area contributed by atoms with Crippen molar-refractivity contribution in [2.75, 3.05) is 5.32 Å². The van der Waals surface area contributed by atoms with Crippen LogP contribution < -0.4 is 20.5 Å². The summed E-state index contributed by atoms with van der Waals surface area (Å²) in [5, 5.41) is 2.95. The van der Waals surface area contributed by atoms with E-state index in [0.717, 1.165) is 0 Å². The Morgan fingerprint density at radius 2 is 1.95 bits per heavy atom. The molecule has 8 heteroatoms. The molecule has 0 fully saturated rings. The van der Waals surface area contributed by atoms with Crippen molar-refractivity contribution in [3.63, 3.8) is 0 Å². The number of aromatic nitrogens is 1. The fraction of sp³-hybridized carbons (Fsp3) is 0.0769. The van der Waals surface area contributed by atoms with Gasteiger partial charge in [0.15, 0.2) is 11.5 Å². The molecule has 0 saturated carbocycles. The van der Waals surface area contributed by atoms with E-state index in [2.05, 4.69) is 19.8 Å². The second-order valence-electron chi connectivity index (χ2n) is 4.23. The second-order valence-corrected chi connectivity index (χ2v) is 4.67. The van der Waals surface area contributed by atoms with Crippen molar-refractivity contribution in [2.24, 2.45) is 5.73 Å². The van der Waals surface area contributed by atoms with Gasteiger partial charge < -0.3 is 20.5 Å². The average Bonchev–Trinajstić information content (AvgIpc) is 2.72.